The highest BCUT2D eigenvalue weighted by Crippen LogP contribution is 2.14. The fourth-order valence-corrected chi connectivity index (χ4v) is 3.60. The maximum absolute atomic E-state index is 12.1. The van der Waals surface area contributed by atoms with E-state index >= 15 is 0 Å². The molecule has 1 fully saturated rings. The number of aliphatic hydroxyl groups excluding tert-OH is 1. The van der Waals surface area contributed by atoms with Gasteiger partial charge in [-0.15, -0.1) is 0 Å². The van der Waals surface area contributed by atoms with E-state index in [1.165, 1.54) is 11.4 Å². The molecule has 1 heterocycles. The average molecular weight is 252 g/mol. The monoisotopic (exact) mass is 252 g/mol. The van der Waals surface area contributed by atoms with Crippen LogP contribution in [0.2, 0.25) is 0 Å². The number of nitrogens with one attached hydrogen (secondary N) is 1. The second-order valence-corrected chi connectivity index (χ2v) is 5.99. The van der Waals surface area contributed by atoms with Crippen LogP contribution in [0.5, 0.6) is 0 Å². The third-order valence-corrected chi connectivity index (χ3v) is 5.02. The van der Waals surface area contributed by atoms with Crippen molar-refractivity contribution in [2.24, 2.45) is 0 Å². The van der Waals surface area contributed by atoms with Crippen molar-refractivity contribution in [2.45, 2.75) is 11.7 Å². The number of hydrogen-bond acceptors (Lipinski definition) is 5. The van der Waals surface area contributed by atoms with Gasteiger partial charge >= 0.3 is 0 Å². The van der Waals surface area contributed by atoms with Gasteiger partial charge in [0.05, 0.1) is 18.5 Å². The SMILES string of the molecule is COCCN(CCO)S(=O)(=O)C1CCNC1. The number of nitrogens with zero attached hydrogens (tertiary/aromatic N) is 1. The molecule has 0 amide bonds. The standard InChI is InChI=1S/C9H20N2O4S/c1-15-7-5-11(4-6-12)16(13,14)9-2-3-10-8-9/h9-10,12H,2-8H2,1H3. The lowest BCUT2D eigenvalue weighted by molar-refractivity contribution is 0.168. The van der Waals surface area contributed by atoms with Crippen LogP contribution < -0.4 is 5.32 Å². The number of sulfonamides is 1. The van der Waals surface area contributed by atoms with E-state index in [0.717, 1.165) is 6.54 Å². The van der Waals surface area contributed by atoms with Crippen molar-refractivity contribution in [2.75, 3.05) is 46.5 Å². The van der Waals surface area contributed by atoms with E-state index in [-0.39, 0.29) is 18.4 Å². The molecule has 0 spiro atoms. The van der Waals surface area contributed by atoms with Crippen molar-refractivity contribution in [3.05, 3.63) is 0 Å². The molecule has 16 heavy (non-hydrogen) atoms. The van der Waals surface area contributed by atoms with Crippen LogP contribution in [0, 0.1) is 0 Å². The molecule has 0 aromatic rings. The molecular weight excluding hydrogens is 232 g/mol. The summed E-state index contributed by atoms with van der Waals surface area (Å²) in [7, 11) is -1.78. The third-order valence-electron chi connectivity index (χ3n) is 2.69. The summed E-state index contributed by atoms with van der Waals surface area (Å²) < 4.78 is 30.5. The van der Waals surface area contributed by atoms with Crippen molar-refractivity contribution >= 4 is 10.0 Å². The van der Waals surface area contributed by atoms with Crippen molar-refractivity contribution in [1.82, 2.24) is 9.62 Å². The van der Waals surface area contributed by atoms with Gasteiger partial charge in [-0.1, -0.05) is 0 Å². The van der Waals surface area contributed by atoms with Gasteiger partial charge in [0.1, 0.15) is 0 Å². The van der Waals surface area contributed by atoms with Crippen molar-refractivity contribution in [1.29, 1.82) is 0 Å². The van der Waals surface area contributed by atoms with Crippen LogP contribution >= 0.6 is 0 Å². The normalized spacial score (nSPS) is 21.8. The van der Waals surface area contributed by atoms with Gasteiger partial charge in [0.2, 0.25) is 10.0 Å². The van der Waals surface area contributed by atoms with E-state index in [9.17, 15) is 8.42 Å². The topological polar surface area (TPSA) is 78.9 Å². The Hall–Kier alpha value is -0.210. The first-order valence-electron chi connectivity index (χ1n) is 5.42. The summed E-state index contributed by atoms with van der Waals surface area (Å²) in [6.45, 7) is 1.86. The Balaban J connectivity index is 2.66. The zero-order chi connectivity index (χ0) is 12.0. The summed E-state index contributed by atoms with van der Waals surface area (Å²) in [4.78, 5) is 0. The predicted molar refractivity (Wildman–Crippen MR) is 60.7 cm³/mol. The van der Waals surface area contributed by atoms with E-state index in [4.69, 9.17) is 9.84 Å². The van der Waals surface area contributed by atoms with Gasteiger partial charge < -0.3 is 15.2 Å². The first kappa shape index (κ1) is 13.9. The quantitative estimate of drug-likeness (QED) is 0.584. The Bertz CT molecular complexity index is 288. The Morgan fingerprint density at radius 2 is 2.25 bits per heavy atom. The van der Waals surface area contributed by atoms with Gasteiger partial charge in [0.25, 0.3) is 0 Å². The molecule has 1 aliphatic heterocycles. The molecule has 0 aliphatic carbocycles. The Labute approximate surface area is 96.6 Å². The summed E-state index contributed by atoms with van der Waals surface area (Å²) in [5.74, 6) is 0. The van der Waals surface area contributed by atoms with Gasteiger partial charge in [-0.25, -0.2) is 8.42 Å². The van der Waals surface area contributed by atoms with E-state index in [0.29, 0.717) is 26.1 Å². The number of hydrogen-bond donors (Lipinski definition) is 2. The van der Waals surface area contributed by atoms with Gasteiger partial charge in [-0.3, -0.25) is 0 Å². The number of methoxy groups -OCH3 is 1. The van der Waals surface area contributed by atoms with Crippen LogP contribution in [0.25, 0.3) is 0 Å². The minimum Gasteiger partial charge on any atom is -0.395 e. The summed E-state index contributed by atoms with van der Waals surface area (Å²) in [6, 6.07) is 0. The van der Waals surface area contributed by atoms with Crippen molar-refractivity contribution in [3.63, 3.8) is 0 Å². The van der Waals surface area contributed by atoms with E-state index in [1.54, 1.807) is 0 Å². The number of ether oxygens (including phenoxy) is 1. The van der Waals surface area contributed by atoms with Crippen LogP contribution in [-0.4, -0.2) is 69.6 Å². The summed E-state index contributed by atoms with van der Waals surface area (Å²) in [5.41, 5.74) is 0. The zero-order valence-electron chi connectivity index (χ0n) is 9.55. The van der Waals surface area contributed by atoms with Gasteiger partial charge in [-0.2, -0.15) is 4.31 Å². The molecule has 2 N–H and O–H groups in total. The average Bonchev–Trinajstić information content (AvgIpc) is 2.77. The smallest absolute Gasteiger partial charge is 0.218 e. The van der Waals surface area contributed by atoms with Crippen LogP contribution in [-0.2, 0) is 14.8 Å². The van der Waals surface area contributed by atoms with E-state index < -0.39 is 10.0 Å². The molecule has 0 saturated carbocycles. The Morgan fingerprint density at radius 1 is 1.50 bits per heavy atom. The van der Waals surface area contributed by atoms with Crippen LogP contribution in [0.1, 0.15) is 6.42 Å². The fraction of sp³-hybridized carbons (Fsp3) is 1.00. The van der Waals surface area contributed by atoms with Crippen molar-refractivity contribution in [3.8, 4) is 0 Å². The minimum absolute atomic E-state index is 0.141. The molecule has 0 aromatic carbocycles. The molecule has 1 unspecified atom stereocenters. The zero-order valence-corrected chi connectivity index (χ0v) is 10.4. The minimum atomic E-state index is -3.30. The van der Waals surface area contributed by atoms with Gasteiger partial charge in [0, 0.05) is 26.7 Å². The molecule has 0 radical (unpaired) electrons. The molecule has 1 rings (SSSR count). The summed E-state index contributed by atoms with van der Waals surface area (Å²) in [5, 5.41) is 11.5. The Kier molecular flexibility index (Phi) is 5.63. The highest BCUT2D eigenvalue weighted by atomic mass is 32.2. The lowest BCUT2D eigenvalue weighted by Gasteiger charge is -2.24. The second kappa shape index (κ2) is 6.51. The third kappa shape index (κ3) is 3.39. The molecule has 1 atom stereocenters. The first-order valence-corrected chi connectivity index (χ1v) is 6.92. The highest BCUT2D eigenvalue weighted by molar-refractivity contribution is 7.89. The number of aliphatic hydroxyl groups is 1. The number of rotatable bonds is 7. The molecule has 1 saturated heterocycles. The largest absolute Gasteiger partial charge is 0.395 e. The van der Waals surface area contributed by atoms with E-state index in [1.807, 2.05) is 0 Å². The lowest BCUT2D eigenvalue weighted by Crippen LogP contribution is -2.42. The first-order chi connectivity index (χ1) is 7.62. The van der Waals surface area contributed by atoms with Crippen LogP contribution in [0.15, 0.2) is 0 Å². The second-order valence-electron chi connectivity index (χ2n) is 3.78. The highest BCUT2D eigenvalue weighted by Gasteiger charge is 2.33. The molecular formula is C9H20N2O4S. The van der Waals surface area contributed by atoms with E-state index in [2.05, 4.69) is 5.32 Å². The molecule has 1 aliphatic rings. The Morgan fingerprint density at radius 3 is 2.75 bits per heavy atom. The maximum atomic E-state index is 12.1. The van der Waals surface area contributed by atoms with Gasteiger partial charge in [-0.05, 0) is 13.0 Å². The van der Waals surface area contributed by atoms with Gasteiger partial charge in [0.15, 0.2) is 0 Å². The molecule has 0 aromatic heterocycles. The van der Waals surface area contributed by atoms with Crippen LogP contribution in [0.4, 0.5) is 0 Å². The maximum Gasteiger partial charge on any atom is 0.218 e. The summed E-state index contributed by atoms with van der Waals surface area (Å²) in [6.07, 6.45) is 0.636. The molecule has 96 valence electrons. The summed E-state index contributed by atoms with van der Waals surface area (Å²) >= 11 is 0. The van der Waals surface area contributed by atoms with Crippen molar-refractivity contribution < 1.29 is 18.3 Å². The molecule has 7 heteroatoms. The predicted octanol–water partition coefficient (Wildman–Crippen LogP) is -1.38. The molecule has 6 nitrogen and oxygen atoms in total. The molecule has 0 bridgehead atoms. The fourth-order valence-electron chi connectivity index (χ4n) is 1.76. The van der Waals surface area contributed by atoms with Crippen LogP contribution in [0.3, 0.4) is 0 Å². The lowest BCUT2D eigenvalue weighted by atomic mass is 10.4.